The predicted octanol–water partition coefficient (Wildman–Crippen LogP) is 0.990. The van der Waals surface area contributed by atoms with Crippen LogP contribution in [0.5, 0.6) is 0 Å². The fourth-order valence-electron chi connectivity index (χ4n) is 1.40. The average Bonchev–Trinajstić information content (AvgIpc) is 2.35. The van der Waals surface area contributed by atoms with Gasteiger partial charge in [-0.05, 0) is 6.54 Å². The van der Waals surface area contributed by atoms with Crippen LogP contribution in [0.25, 0.3) is 0 Å². The van der Waals surface area contributed by atoms with Gasteiger partial charge >= 0.3 is 0 Å². The molecule has 0 aliphatic carbocycles. The number of ether oxygens (including phenoxy) is 2. The Morgan fingerprint density at radius 3 is 2.39 bits per heavy atom. The lowest BCUT2D eigenvalue weighted by molar-refractivity contribution is -0.133. The van der Waals surface area contributed by atoms with Crippen molar-refractivity contribution in [1.82, 2.24) is 10.2 Å². The van der Waals surface area contributed by atoms with Crippen LogP contribution in [0.3, 0.4) is 0 Å². The van der Waals surface area contributed by atoms with Gasteiger partial charge in [-0.3, -0.25) is 4.79 Å². The largest absolute Gasteiger partial charge is 0.378 e. The first-order valence-corrected chi connectivity index (χ1v) is 6.70. The average molecular weight is 262 g/mol. The lowest BCUT2D eigenvalue weighted by Gasteiger charge is -2.19. The molecule has 0 unspecified atom stereocenters. The minimum atomic E-state index is 0. The Morgan fingerprint density at radius 1 is 1.22 bits per heavy atom. The molecule has 0 spiro atoms. The highest BCUT2D eigenvalue weighted by Crippen LogP contribution is 1.98. The highest BCUT2D eigenvalue weighted by Gasteiger charge is 2.11. The molecule has 0 aromatic rings. The molecule has 18 heavy (non-hydrogen) atoms. The van der Waals surface area contributed by atoms with E-state index in [2.05, 4.69) is 12.2 Å². The molecule has 1 N–H and O–H groups in total. The van der Waals surface area contributed by atoms with Crippen LogP contribution in [0, 0.1) is 5.92 Å². The summed E-state index contributed by atoms with van der Waals surface area (Å²) in [5.41, 5.74) is 0. The summed E-state index contributed by atoms with van der Waals surface area (Å²) in [6, 6.07) is 0. The van der Waals surface area contributed by atoms with Crippen LogP contribution in [0.2, 0.25) is 0 Å². The molecule has 0 aliphatic rings. The van der Waals surface area contributed by atoms with Crippen LogP contribution >= 0.6 is 0 Å². The zero-order valence-corrected chi connectivity index (χ0v) is 12.2. The van der Waals surface area contributed by atoms with E-state index in [0.29, 0.717) is 33.0 Å². The van der Waals surface area contributed by atoms with Crippen molar-refractivity contribution in [2.45, 2.75) is 20.8 Å². The molecule has 0 saturated carbocycles. The maximum Gasteiger partial charge on any atom is 0.224 e. The van der Waals surface area contributed by atoms with E-state index in [4.69, 9.17) is 9.47 Å². The number of amides is 1. The second kappa shape index (κ2) is 11.4. The van der Waals surface area contributed by atoms with Crippen LogP contribution in [-0.2, 0) is 14.3 Å². The van der Waals surface area contributed by atoms with E-state index < -0.39 is 0 Å². The van der Waals surface area contributed by atoms with E-state index in [0.717, 1.165) is 13.1 Å². The van der Waals surface area contributed by atoms with Gasteiger partial charge in [0, 0.05) is 27.5 Å². The SMILES string of the molecule is CCNCCOCCOCCN(C)C(=O)C(C)C.[HH]. The van der Waals surface area contributed by atoms with Gasteiger partial charge in [0.25, 0.3) is 0 Å². The van der Waals surface area contributed by atoms with Crippen molar-refractivity contribution in [3.8, 4) is 0 Å². The van der Waals surface area contributed by atoms with Gasteiger partial charge in [0.2, 0.25) is 5.91 Å². The van der Waals surface area contributed by atoms with Gasteiger partial charge < -0.3 is 19.7 Å². The van der Waals surface area contributed by atoms with Gasteiger partial charge in [0.1, 0.15) is 0 Å². The van der Waals surface area contributed by atoms with Crippen LogP contribution in [0.15, 0.2) is 0 Å². The van der Waals surface area contributed by atoms with Crippen molar-refractivity contribution < 1.29 is 15.7 Å². The first kappa shape index (κ1) is 17.4. The van der Waals surface area contributed by atoms with Crippen molar-refractivity contribution in [1.29, 1.82) is 0 Å². The highest BCUT2D eigenvalue weighted by atomic mass is 16.5. The van der Waals surface area contributed by atoms with Gasteiger partial charge in [-0.25, -0.2) is 0 Å². The number of nitrogens with one attached hydrogen (secondary N) is 1. The Bertz CT molecular complexity index is 216. The molecule has 5 heteroatoms. The molecule has 0 aromatic heterocycles. The maximum atomic E-state index is 11.5. The molecule has 0 aliphatic heterocycles. The zero-order valence-electron chi connectivity index (χ0n) is 12.2. The normalized spacial score (nSPS) is 10.9. The Balaban J connectivity index is 0. The number of nitrogens with zero attached hydrogens (tertiary/aromatic N) is 1. The molecule has 0 radical (unpaired) electrons. The molecule has 0 saturated heterocycles. The summed E-state index contributed by atoms with van der Waals surface area (Å²) < 4.78 is 10.8. The standard InChI is InChI=1S/C13H28N2O3.H2/c1-5-14-6-8-17-10-11-18-9-7-15(4)13(16)12(2)3;/h12,14H,5-11H2,1-4H3;1H. The number of hydrogen-bond donors (Lipinski definition) is 1. The Labute approximate surface area is 112 Å². The molecular formula is C13H30N2O3. The van der Waals surface area contributed by atoms with Crippen LogP contribution in [0.4, 0.5) is 0 Å². The van der Waals surface area contributed by atoms with E-state index in [1.54, 1.807) is 11.9 Å². The minimum absolute atomic E-state index is 0. The van der Waals surface area contributed by atoms with Crippen molar-refractivity contribution in [3.63, 3.8) is 0 Å². The third-order valence-electron chi connectivity index (χ3n) is 2.49. The van der Waals surface area contributed by atoms with Gasteiger partial charge in [-0.1, -0.05) is 20.8 Å². The summed E-state index contributed by atoms with van der Waals surface area (Å²) in [6.45, 7) is 10.8. The summed E-state index contributed by atoms with van der Waals surface area (Å²) in [6.07, 6.45) is 0. The van der Waals surface area contributed by atoms with Crippen LogP contribution < -0.4 is 5.32 Å². The van der Waals surface area contributed by atoms with Gasteiger partial charge in [0.05, 0.1) is 26.4 Å². The van der Waals surface area contributed by atoms with Gasteiger partial charge in [-0.15, -0.1) is 0 Å². The smallest absolute Gasteiger partial charge is 0.224 e. The molecule has 0 heterocycles. The molecule has 0 bridgehead atoms. The first-order chi connectivity index (χ1) is 8.59. The maximum absolute atomic E-state index is 11.5. The number of carbonyl (C=O) groups is 1. The fourth-order valence-corrected chi connectivity index (χ4v) is 1.40. The molecular weight excluding hydrogens is 232 g/mol. The van der Waals surface area contributed by atoms with Crippen molar-refractivity contribution in [3.05, 3.63) is 0 Å². The first-order valence-electron chi connectivity index (χ1n) is 6.70. The molecule has 5 nitrogen and oxygen atoms in total. The number of likely N-dealkylation sites (N-methyl/N-ethyl adjacent to an activating group) is 2. The van der Waals surface area contributed by atoms with Gasteiger partial charge in [0.15, 0.2) is 0 Å². The summed E-state index contributed by atoms with van der Waals surface area (Å²) >= 11 is 0. The topological polar surface area (TPSA) is 50.8 Å². The van der Waals surface area contributed by atoms with E-state index in [-0.39, 0.29) is 13.3 Å². The van der Waals surface area contributed by atoms with Gasteiger partial charge in [-0.2, -0.15) is 0 Å². The number of hydrogen-bond acceptors (Lipinski definition) is 4. The van der Waals surface area contributed by atoms with Crippen LogP contribution in [0.1, 0.15) is 22.2 Å². The molecule has 110 valence electrons. The number of rotatable bonds is 11. The van der Waals surface area contributed by atoms with Crippen molar-refractivity contribution >= 4 is 5.91 Å². The van der Waals surface area contributed by atoms with E-state index >= 15 is 0 Å². The summed E-state index contributed by atoms with van der Waals surface area (Å²) in [5.74, 6) is 0.199. The number of carbonyl (C=O) groups excluding carboxylic acids is 1. The van der Waals surface area contributed by atoms with E-state index in [1.807, 2.05) is 13.8 Å². The molecule has 0 fully saturated rings. The summed E-state index contributed by atoms with van der Waals surface area (Å²) in [7, 11) is 1.80. The second-order valence-electron chi connectivity index (χ2n) is 4.49. The lowest BCUT2D eigenvalue weighted by atomic mass is 10.2. The van der Waals surface area contributed by atoms with Crippen molar-refractivity contribution in [2.24, 2.45) is 5.92 Å². The summed E-state index contributed by atoms with van der Waals surface area (Å²) in [4.78, 5) is 13.3. The van der Waals surface area contributed by atoms with E-state index in [9.17, 15) is 4.79 Å². The Hall–Kier alpha value is -0.650. The van der Waals surface area contributed by atoms with E-state index in [1.165, 1.54) is 0 Å². The second-order valence-corrected chi connectivity index (χ2v) is 4.49. The highest BCUT2D eigenvalue weighted by molar-refractivity contribution is 5.77. The molecule has 0 aromatic carbocycles. The lowest BCUT2D eigenvalue weighted by Crippen LogP contribution is -2.33. The quantitative estimate of drug-likeness (QED) is 0.564. The van der Waals surface area contributed by atoms with Crippen LogP contribution in [-0.4, -0.2) is 63.9 Å². The minimum Gasteiger partial charge on any atom is -0.378 e. The van der Waals surface area contributed by atoms with Crippen molar-refractivity contribution in [2.75, 3.05) is 53.1 Å². The fraction of sp³-hybridized carbons (Fsp3) is 0.923. The third-order valence-corrected chi connectivity index (χ3v) is 2.49. The predicted molar refractivity (Wildman–Crippen MR) is 74.8 cm³/mol. The summed E-state index contributed by atoms with van der Waals surface area (Å²) in [5, 5.41) is 3.18. The molecule has 0 rings (SSSR count). The Kier molecular flexibility index (Phi) is 11.0. The Morgan fingerprint density at radius 2 is 1.83 bits per heavy atom. The molecule has 1 amide bonds. The third kappa shape index (κ3) is 9.39. The monoisotopic (exact) mass is 262 g/mol. The zero-order chi connectivity index (χ0) is 13.8. The molecule has 0 atom stereocenters.